The molecule has 5 rings (SSSR count). The smallest absolute Gasteiger partial charge is 0.261 e. The van der Waals surface area contributed by atoms with Crippen LogP contribution in [0.25, 0.3) is 21.5 Å². The molecule has 0 saturated heterocycles. The maximum absolute atomic E-state index is 12.5. The van der Waals surface area contributed by atoms with Gasteiger partial charge in [0, 0.05) is 12.4 Å². The summed E-state index contributed by atoms with van der Waals surface area (Å²) in [6.07, 6.45) is 0. The Morgan fingerprint density at radius 1 is 0.786 bits per heavy atom. The van der Waals surface area contributed by atoms with Gasteiger partial charge in [-0.2, -0.15) is 0 Å². The fourth-order valence-electron chi connectivity index (χ4n) is 3.79. The first kappa shape index (κ1) is 16.3. The van der Waals surface area contributed by atoms with Crippen molar-refractivity contribution in [1.82, 2.24) is 5.32 Å². The Hall–Kier alpha value is -3.86. The van der Waals surface area contributed by atoms with Gasteiger partial charge in [-0.05, 0) is 28.3 Å². The summed E-state index contributed by atoms with van der Waals surface area (Å²) in [5, 5.41) is 9.08. The second-order valence-corrected chi connectivity index (χ2v) is 6.64. The van der Waals surface area contributed by atoms with E-state index in [0.29, 0.717) is 33.7 Å². The van der Waals surface area contributed by atoms with Gasteiger partial charge >= 0.3 is 0 Å². The highest BCUT2D eigenvalue weighted by atomic mass is 16.5. The van der Waals surface area contributed by atoms with Crippen molar-refractivity contribution in [3.63, 3.8) is 0 Å². The number of hydrogen-bond acceptors (Lipinski definition) is 4. The van der Waals surface area contributed by atoms with Crippen molar-refractivity contribution in [2.24, 2.45) is 0 Å². The fraction of sp³-hybridized carbons (Fsp3) is 0.0435. The molecule has 4 aromatic carbocycles. The Morgan fingerprint density at radius 3 is 2.25 bits per heavy atom. The Morgan fingerprint density at radius 2 is 1.46 bits per heavy atom. The van der Waals surface area contributed by atoms with Gasteiger partial charge in [-0.25, -0.2) is 0 Å². The molecule has 28 heavy (non-hydrogen) atoms. The van der Waals surface area contributed by atoms with E-state index in [1.54, 1.807) is 7.05 Å². The number of imide groups is 1. The molecule has 136 valence electrons. The van der Waals surface area contributed by atoms with Crippen LogP contribution in [0.1, 0.15) is 20.7 Å². The average molecular weight is 368 g/mol. The van der Waals surface area contributed by atoms with Crippen molar-refractivity contribution in [3.8, 4) is 11.5 Å². The molecule has 0 fully saturated rings. The van der Waals surface area contributed by atoms with Crippen LogP contribution in [0.5, 0.6) is 11.5 Å². The third-order valence-corrected chi connectivity index (χ3v) is 5.04. The zero-order valence-electron chi connectivity index (χ0n) is 15.1. The van der Waals surface area contributed by atoms with Crippen LogP contribution in [-0.4, -0.2) is 18.9 Å². The number of nitrogens with one attached hydrogen (secondary N) is 2. The number of fused-ring (bicyclic) bond motifs is 4. The molecule has 0 aliphatic carbocycles. The normalized spacial score (nSPS) is 12.9. The van der Waals surface area contributed by atoms with Gasteiger partial charge in [0.15, 0.2) is 5.75 Å². The molecule has 0 atom stereocenters. The molecule has 2 N–H and O–H groups in total. The maximum Gasteiger partial charge on any atom is 0.261 e. The number of carbonyl (C=O) groups is 2. The standard InChI is InChI=1S/C23H16N2O3/c1-24-20-19-18(22(26)25-23(19)27)16-8-4-5-9-17(16)21(20)28-15-11-10-13-6-2-3-7-14(13)12-15/h2-12,24H,1H3,(H,25,26,27). The summed E-state index contributed by atoms with van der Waals surface area (Å²) in [6, 6.07) is 21.3. The lowest BCUT2D eigenvalue weighted by Gasteiger charge is -2.17. The molecule has 0 saturated carbocycles. The van der Waals surface area contributed by atoms with E-state index < -0.39 is 5.91 Å². The number of rotatable bonds is 3. The maximum atomic E-state index is 12.5. The molecule has 0 bridgehead atoms. The Kier molecular flexibility index (Phi) is 3.55. The van der Waals surface area contributed by atoms with Gasteiger partial charge in [0.1, 0.15) is 5.75 Å². The van der Waals surface area contributed by atoms with E-state index >= 15 is 0 Å². The summed E-state index contributed by atoms with van der Waals surface area (Å²) in [6.45, 7) is 0. The van der Waals surface area contributed by atoms with E-state index in [4.69, 9.17) is 4.74 Å². The van der Waals surface area contributed by atoms with Crippen LogP contribution in [0, 0.1) is 0 Å². The van der Waals surface area contributed by atoms with Crippen molar-refractivity contribution in [1.29, 1.82) is 0 Å². The van der Waals surface area contributed by atoms with Gasteiger partial charge in [0.05, 0.1) is 16.8 Å². The minimum absolute atomic E-state index is 0.321. The van der Waals surface area contributed by atoms with Crippen LogP contribution < -0.4 is 15.4 Å². The van der Waals surface area contributed by atoms with Gasteiger partial charge < -0.3 is 10.1 Å². The lowest BCUT2D eigenvalue weighted by Crippen LogP contribution is -2.20. The largest absolute Gasteiger partial charge is 0.454 e. The van der Waals surface area contributed by atoms with Gasteiger partial charge in [-0.3, -0.25) is 14.9 Å². The van der Waals surface area contributed by atoms with E-state index in [1.165, 1.54) is 0 Å². The molecule has 0 spiro atoms. The Bertz CT molecular complexity index is 1290. The Labute approximate surface area is 160 Å². The quantitative estimate of drug-likeness (QED) is 0.514. The van der Waals surface area contributed by atoms with Gasteiger partial charge in [-0.1, -0.05) is 54.6 Å². The number of anilines is 1. The van der Waals surface area contributed by atoms with Crippen LogP contribution in [-0.2, 0) is 0 Å². The summed E-state index contributed by atoms with van der Waals surface area (Å²) < 4.78 is 6.28. The van der Waals surface area contributed by atoms with E-state index in [0.717, 1.165) is 16.2 Å². The van der Waals surface area contributed by atoms with Gasteiger partial charge in [-0.15, -0.1) is 0 Å². The molecule has 5 nitrogen and oxygen atoms in total. The molecule has 0 unspecified atom stereocenters. The van der Waals surface area contributed by atoms with Crippen LogP contribution in [0.2, 0.25) is 0 Å². The summed E-state index contributed by atoms with van der Waals surface area (Å²) in [4.78, 5) is 24.8. The van der Waals surface area contributed by atoms with Gasteiger partial charge in [0.25, 0.3) is 11.8 Å². The number of carbonyl (C=O) groups excluding carboxylic acids is 2. The third kappa shape index (κ3) is 2.33. The van der Waals surface area contributed by atoms with Crippen LogP contribution >= 0.6 is 0 Å². The van der Waals surface area contributed by atoms with Gasteiger partial charge in [0.2, 0.25) is 0 Å². The van der Waals surface area contributed by atoms with Crippen molar-refractivity contribution < 1.29 is 14.3 Å². The SMILES string of the molecule is CNc1c2c(c3ccccc3c1Oc1ccc3ccccc3c1)C(=O)NC2=O. The molecule has 1 aliphatic rings. The predicted octanol–water partition coefficient (Wildman–Crippen LogP) is 4.71. The van der Waals surface area contributed by atoms with E-state index in [1.807, 2.05) is 66.7 Å². The molecule has 0 radical (unpaired) electrons. The first-order valence-corrected chi connectivity index (χ1v) is 8.96. The van der Waals surface area contributed by atoms with Crippen LogP contribution in [0.4, 0.5) is 5.69 Å². The Balaban J connectivity index is 1.77. The minimum Gasteiger partial charge on any atom is -0.454 e. The zero-order valence-corrected chi connectivity index (χ0v) is 15.1. The number of benzene rings is 4. The molecule has 1 aliphatic heterocycles. The molecule has 2 amide bonds. The summed E-state index contributed by atoms with van der Waals surface area (Å²) in [5.41, 5.74) is 1.21. The van der Waals surface area contributed by atoms with E-state index in [9.17, 15) is 9.59 Å². The molecule has 1 heterocycles. The average Bonchev–Trinajstić information content (AvgIpc) is 3.02. The monoisotopic (exact) mass is 368 g/mol. The third-order valence-electron chi connectivity index (χ3n) is 5.04. The summed E-state index contributed by atoms with van der Waals surface area (Å²) in [7, 11) is 1.72. The van der Waals surface area contributed by atoms with Crippen LogP contribution in [0.15, 0.2) is 66.7 Å². The first-order valence-electron chi connectivity index (χ1n) is 8.96. The molecular weight excluding hydrogens is 352 g/mol. The van der Waals surface area contributed by atoms with Crippen molar-refractivity contribution >= 4 is 39.0 Å². The molecule has 0 aromatic heterocycles. The lowest BCUT2D eigenvalue weighted by molar-refractivity contribution is 0.0880. The minimum atomic E-state index is -0.418. The number of ether oxygens (including phenoxy) is 1. The number of hydrogen-bond donors (Lipinski definition) is 2. The molecule has 4 aromatic rings. The highest BCUT2D eigenvalue weighted by Gasteiger charge is 2.34. The first-order chi connectivity index (χ1) is 13.7. The highest BCUT2D eigenvalue weighted by Crippen LogP contribution is 2.44. The second kappa shape index (κ2) is 6.09. The summed E-state index contributed by atoms with van der Waals surface area (Å²) >= 11 is 0. The fourth-order valence-corrected chi connectivity index (χ4v) is 3.79. The number of amides is 2. The summed E-state index contributed by atoms with van der Waals surface area (Å²) in [5.74, 6) is 0.380. The van der Waals surface area contributed by atoms with E-state index in [-0.39, 0.29) is 5.91 Å². The second-order valence-electron chi connectivity index (χ2n) is 6.64. The molecular formula is C23H16N2O3. The van der Waals surface area contributed by atoms with Crippen molar-refractivity contribution in [3.05, 3.63) is 77.9 Å². The highest BCUT2D eigenvalue weighted by molar-refractivity contribution is 6.30. The zero-order chi connectivity index (χ0) is 19.3. The van der Waals surface area contributed by atoms with Crippen LogP contribution in [0.3, 0.4) is 0 Å². The molecule has 5 heteroatoms. The van der Waals surface area contributed by atoms with E-state index in [2.05, 4.69) is 10.6 Å². The topological polar surface area (TPSA) is 67.4 Å². The predicted molar refractivity (Wildman–Crippen MR) is 109 cm³/mol. The van der Waals surface area contributed by atoms with Crippen molar-refractivity contribution in [2.75, 3.05) is 12.4 Å². The lowest BCUT2D eigenvalue weighted by atomic mass is 9.97. The van der Waals surface area contributed by atoms with Crippen molar-refractivity contribution in [2.45, 2.75) is 0 Å².